The minimum absolute atomic E-state index is 0.378. The van der Waals surface area contributed by atoms with Gasteiger partial charge in [-0.1, -0.05) is 0 Å². The average molecular weight is 240 g/mol. The molecule has 66 valence electrons. The van der Waals surface area contributed by atoms with E-state index in [-0.39, 0.29) is 5.63 Å². The third kappa shape index (κ3) is 1.45. The van der Waals surface area contributed by atoms with Crippen LogP contribution in [0.1, 0.15) is 0 Å². The summed E-state index contributed by atoms with van der Waals surface area (Å²) in [6.07, 6.45) is 0. The molecule has 13 heavy (non-hydrogen) atoms. The van der Waals surface area contributed by atoms with Crippen LogP contribution in [-0.2, 0) is 0 Å². The quantitative estimate of drug-likeness (QED) is 0.566. The zero-order valence-corrected chi connectivity index (χ0v) is 8.17. The Labute approximate surface area is 82.3 Å². The van der Waals surface area contributed by atoms with Gasteiger partial charge < -0.3 is 10.2 Å². The largest absolute Gasteiger partial charge is 0.422 e. The molecule has 1 aromatic carbocycles. The zero-order valence-electron chi connectivity index (χ0n) is 6.58. The van der Waals surface area contributed by atoms with Crippen molar-refractivity contribution in [2.45, 2.75) is 0 Å². The molecule has 0 spiro atoms. The van der Waals surface area contributed by atoms with Crippen LogP contribution in [0.4, 0.5) is 5.69 Å². The van der Waals surface area contributed by atoms with Crippen molar-refractivity contribution in [2.75, 3.05) is 5.73 Å². The van der Waals surface area contributed by atoms with Crippen LogP contribution in [0.15, 0.2) is 37.9 Å². The molecule has 0 bridgehead atoms. The van der Waals surface area contributed by atoms with E-state index in [4.69, 9.17) is 10.2 Å². The Kier molecular flexibility index (Phi) is 1.84. The monoisotopic (exact) mass is 239 g/mol. The summed E-state index contributed by atoms with van der Waals surface area (Å²) in [5.41, 5.74) is 6.39. The number of halogens is 1. The van der Waals surface area contributed by atoms with Crippen molar-refractivity contribution in [3.63, 3.8) is 0 Å². The predicted molar refractivity (Wildman–Crippen MR) is 54.6 cm³/mol. The molecule has 0 aliphatic carbocycles. The van der Waals surface area contributed by atoms with Crippen LogP contribution in [0.5, 0.6) is 0 Å². The van der Waals surface area contributed by atoms with E-state index in [1.807, 2.05) is 0 Å². The normalized spacial score (nSPS) is 10.5. The molecule has 0 atom stereocenters. The highest BCUT2D eigenvalue weighted by atomic mass is 79.9. The van der Waals surface area contributed by atoms with Gasteiger partial charge >= 0.3 is 5.63 Å². The Bertz CT molecular complexity index is 518. The third-order valence-electron chi connectivity index (χ3n) is 1.71. The maximum absolute atomic E-state index is 11.1. The molecule has 2 aromatic rings. The molecular formula is C9H6BrNO2. The lowest BCUT2D eigenvalue weighted by atomic mass is 10.2. The average Bonchev–Trinajstić information content (AvgIpc) is 2.08. The summed E-state index contributed by atoms with van der Waals surface area (Å²) < 4.78 is 5.40. The molecule has 0 aliphatic heterocycles. The lowest BCUT2D eigenvalue weighted by Gasteiger charge is -1.97. The fraction of sp³-hybridized carbons (Fsp3) is 0. The van der Waals surface area contributed by atoms with E-state index < -0.39 is 0 Å². The van der Waals surface area contributed by atoms with Gasteiger partial charge in [0.25, 0.3) is 0 Å². The molecule has 0 radical (unpaired) electrons. The van der Waals surface area contributed by atoms with Crippen LogP contribution in [0.2, 0.25) is 0 Å². The summed E-state index contributed by atoms with van der Waals surface area (Å²) in [5.74, 6) is 0. The molecule has 0 aliphatic rings. The summed E-state index contributed by atoms with van der Waals surface area (Å²) in [5, 5.41) is 0.812. The van der Waals surface area contributed by atoms with Crippen molar-refractivity contribution in [1.29, 1.82) is 0 Å². The Morgan fingerprint density at radius 1 is 1.31 bits per heavy atom. The number of nitrogens with two attached hydrogens (primary N) is 1. The highest BCUT2D eigenvalue weighted by Crippen LogP contribution is 2.18. The van der Waals surface area contributed by atoms with Crippen molar-refractivity contribution < 1.29 is 4.42 Å². The van der Waals surface area contributed by atoms with Gasteiger partial charge in [-0.05, 0) is 40.2 Å². The van der Waals surface area contributed by atoms with E-state index in [9.17, 15) is 4.79 Å². The van der Waals surface area contributed by atoms with Crippen LogP contribution < -0.4 is 11.4 Å². The van der Waals surface area contributed by atoms with Crippen molar-refractivity contribution in [3.8, 4) is 0 Å². The fourth-order valence-electron chi connectivity index (χ4n) is 1.12. The van der Waals surface area contributed by atoms with Crippen molar-refractivity contribution in [2.24, 2.45) is 0 Å². The van der Waals surface area contributed by atoms with Crippen molar-refractivity contribution in [3.05, 3.63) is 39.2 Å². The molecule has 0 saturated heterocycles. The van der Waals surface area contributed by atoms with Crippen LogP contribution in [-0.4, -0.2) is 0 Å². The molecular weight excluding hydrogens is 234 g/mol. The van der Waals surface area contributed by atoms with E-state index in [0.29, 0.717) is 15.7 Å². The highest BCUT2D eigenvalue weighted by Gasteiger charge is 2.01. The molecule has 0 saturated carbocycles. The van der Waals surface area contributed by atoms with Gasteiger partial charge in [0.2, 0.25) is 0 Å². The van der Waals surface area contributed by atoms with Gasteiger partial charge in [0.1, 0.15) is 10.1 Å². The topological polar surface area (TPSA) is 56.2 Å². The standard InChI is InChI=1S/C9H6BrNO2/c10-7-4-5-3-6(11)1-2-8(5)13-9(7)12/h1-4H,11H2. The number of anilines is 1. The maximum atomic E-state index is 11.1. The number of rotatable bonds is 0. The van der Waals surface area contributed by atoms with Crippen molar-refractivity contribution >= 4 is 32.6 Å². The number of nitrogen functional groups attached to an aromatic ring is 1. The van der Waals surface area contributed by atoms with Gasteiger partial charge in [-0.3, -0.25) is 0 Å². The summed E-state index contributed by atoms with van der Waals surface area (Å²) in [7, 11) is 0. The second kappa shape index (κ2) is 2.88. The number of fused-ring (bicyclic) bond motifs is 1. The zero-order chi connectivity index (χ0) is 9.42. The lowest BCUT2D eigenvalue weighted by molar-refractivity contribution is 0.556. The number of hydrogen-bond donors (Lipinski definition) is 1. The molecule has 4 heteroatoms. The fourth-order valence-corrected chi connectivity index (χ4v) is 1.44. The van der Waals surface area contributed by atoms with E-state index in [0.717, 1.165) is 5.39 Å². The van der Waals surface area contributed by atoms with Crippen molar-refractivity contribution in [1.82, 2.24) is 0 Å². The van der Waals surface area contributed by atoms with E-state index in [2.05, 4.69) is 15.9 Å². The first-order valence-electron chi connectivity index (χ1n) is 3.66. The Hall–Kier alpha value is -1.29. The van der Waals surface area contributed by atoms with Gasteiger partial charge in [0.05, 0.1) is 0 Å². The van der Waals surface area contributed by atoms with E-state index in [1.54, 1.807) is 24.3 Å². The summed E-state index contributed by atoms with van der Waals surface area (Å²) in [4.78, 5) is 11.1. The van der Waals surface area contributed by atoms with Gasteiger partial charge in [-0.2, -0.15) is 0 Å². The molecule has 0 amide bonds. The SMILES string of the molecule is Nc1ccc2oc(=O)c(Br)cc2c1. The first-order chi connectivity index (χ1) is 6.16. The molecule has 2 N–H and O–H groups in total. The van der Waals surface area contributed by atoms with Gasteiger partial charge in [-0.15, -0.1) is 0 Å². The Morgan fingerprint density at radius 2 is 2.08 bits per heavy atom. The summed E-state index contributed by atoms with van der Waals surface area (Å²) in [6.45, 7) is 0. The smallest absolute Gasteiger partial charge is 0.350 e. The molecule has 2 rings (SSSR count). The minimum atomic E-state index is -0.378. The molecule has 3 nitrogen and oxygen atoms in total. The van der Waals surface area contributed by atoms with E-state index in [1.165, 1.54) is 0 Å². The highest BCUT2D eigenvalue weighted by molar-refractivity contribution is 9.10. The van der Waals surface area contributed by atoms with Crippen LogP contribution in [0.25, 0.3) is 11.0 Å². The first kappa shape index (κ1) is 8.31. The molecule has 1 heterocycles. The molecule has 1 aromatic heterocycles. The summed E-state index contributed by atoms with van der Waals surface area (Å²) >= 11 is 3.09. The maximum Gasteiger partial charge on any atom is 0.350 e. The minimum Gasteiger partial charge on any atom is -0.422 e. The van der Waals surface area contributed by atoms with Gasteiger partial charge in [-0.25, -0.2) is 4.79 Å². The van der Waals surface area contributed by atoms with Gasteiger partial charge in [0.15, 0.2) is 0 Å². The Balaban J connectivity index is 2.89. The number of hydrogen-bond acceptors (Lipinski definition) is 3. The first-order valence-corrected chi connectivity index (χ1v) is 4.45. The second-order valence-corrected chi connectivity index (χ2v) is 3.53. The van der Waals surface area contributed by atoms with Gasteiger partial charge in [0, 0.05) is 11.1 Å². The van der Waals surface area contributed by atoms with Crippen LogP contribution in [0.3, 0.4) is 0 Å². The third-order valence-corrected chi connectivity index (χ3v) is 2.27. The summed E-state index contributed by atoms with van der Waals surface area (Å²) in [6, 6.07) is 6.82. The van der Waals surface area contributed by atoms with E-state index >= 15 is 0 Å². The Morgan fingerprint density at radius 3 is 2.85 bits per heavy atom. The van der Waals surface area contributed by atoms with Crippen LogP contribution in [0, 0.1) is 0 Å². The molecule has 0 unspecified atom stereocenters. The van der Waals surface area contributed by atoms with Crippen LogP contribution >= 0.6 is 15.9 Å². The predicted octanol–water partition coefficient (Wildman–Crippen LogP) is 2.14. The molecule has 0 fully saturated rings. The lowest BCUT2D eigenvalue weighted by Crippen LogP contribution is -1.98. The number of benzene rings is 1. The second-order valence-electron chi connectivity index (χ2n) is 2.68.